The number of rotatable bonds is 12. The summed E-state index contributed by atoms with van der Waals surface area (Å²) < 4.78 is 10.4. The van der Waals surface area contributed by atoms with E-state index in [0.717, 1.165) is 5.56 Å². The number of urea groups is 1. The van der Waals surface area contributed by atoms with Crippen LogP contribution in [0.2, 0.25) is 0 Å². The molecule has 0 radical (unpaired) electrons. The van der Waals surface area contributed by atoms with Crippen LogP contribution in [0.25, 0.3) is 0 Å². The van der Waals surface area contributed by atoms with Crippen molar-refractivity contribution in [2.45, 2.75) is 19.9 Å². The lowest BCUT2D eigenvalue weighted by molar-refractivity contribution is -0.132. The molecule has 3 amide bonds. The van der Waals surface area contributed by atoms with Crippen LogP contribution in [0.5, 0.6) is 0 Å². The number of ether oxygens (including phenoxy) is 1. The van der Waals surface area contributed by atoms with E-state index in [0.29, 0.717) is 36.5 Å². The Balaban J connectivity index is 1.66. The quantitative estimate of drug-likeness (QED) is 0.293. The summed E-state index contributed by atoms with van der Waals surface area (Å²) >= 11 is 0. The van der Waals surface area contributed by atoms with Crippen LogP contribution in [-0.2, 0) is 22.5 Å². The van der Waals surface area contributed by atoms with Gasteiger partial charge in [0, 0.05) is 18.8 Å². The number of hydrogen-bond acceptors (Lipinski definition) is 5. The number of nitrogens with one attached hydrogen (secondary N) is 1. The fourth-order valence-electron chi connectivity index (χ4n) is 3.54. The lowest BCUT2D eigenvalue weighted by Crippen LogP contribution is -2.44. The van der Waals surface area contributed by atoms with Gasteiger partial charge < -0.3 is 24.3 Å². The van der Waals surface area contributed by atoms with E-state index in [9.17, 15) is 14.4 Å². The molecule has 188 valence electrons. The molecule has 3 rings (SSSR count). The van der Waals surface area contributed by atoms with Crippen molar-refractivity contribution in [2.75, 3.05) is 31.6 Å². The van der Waals surface area contributed by atoms with Gasteiger partial charge in [0.1, 0.15) is 12.3 Å². The highest BCUT2D eigenvalue weighted by atomic mass is 16.5. The van der Waals surface area contributed by atoms with Crippen LogP contribution in [0.15, 0.2) is 90.1 Å². The summed E-state index contributed by atoms with van der Waals surface area (Å²) in [5.74, 6) is 0.0243. The zero-order valence-electron chi connectivity index (χ0n) is 20.4. The number of benzene rings is 2. The third-order valence-electron chi connectivity index (χ3n) is 5.40. The molecule has 0 aliphatic carbocycles. The van der Waals surface area contributed by atoms with Crippen molar-refractivity contribution in [3.8, 4) is 0 Å². The Kier molecular flexibility index (Phi) is 9.88. The molecule has 8 nitrogen and oxygen atoms in total. The Morgan fingerprint density at radius 2 is 1.75 bits per heavy atom. The van der Waals surface area contributed by atoms with Gasteiger partial charge in [0.15, 0.2) is 0 Å². The van der Waals surface area contributed by atoms with Crippen LogP contribution in [0.3, 0.4) is 0 Å². The maximum Gasteiger partial charge on any atom is 0.338 e. The molecule has 1 aromatic heterocycles. The average Bonchev–Trinajstić information content (AvgIpc) is 3.40. The Hall–Kier alpha value is -4.33. The minimum absolute atomic E-state index is 0.131. The Labute approximate surface area is 211 Å². The smallest absolute Gasteiger partial charge is 0.338 e. The van der Waals surface area contributed by atoms with Crippen LogP contribution in [-0.4, -0.2) is 53.9 Å². The van der Waals surface area contributed by atoms with E-state index in [1.54, 1.807) is 54.5 Å². The largest absolute Gasteiger partial charge is 0.467 e. The highest BCUT2D eigenvalue weighted by molar-refractivity contribution is 5.94. The molecule has 0 saturated carbocycles. The summed E-state index contributed by atoms with van der Waals surface area (Å²) in [5, 5.41) is 2.77. The van der Waals surface area contributed by atoms with Crippen molar-refractivity contribution >= 4 is 23.6 Å². The fourth-order valence-corrected chi connectivity index (χ4v) is 3.54. The summed E-state index contributed by atoms with van der Waals surface area (Å²) in [7, 11) is 0. The molecule has 0 bridgehead atoms. The molecule has 0 unspecified atom stereocenters. The van der Waals surface area contributed by atoms with Crippen molar-refractivity contribution in [1.82, 2.24) is 9.80 Å². The topological polar surface area (TPSA) is 92.1 Å². The zero-order valence-corrected chi connectivity index (χ0v) is 20.4. The van der Waals surface area contributed by atoms with Crippen LogP contribution >= 0.6 is 0 Å². The van der Waals surface area contributed by atoms with Crippen LogP contribution in [0.4, 0.5) is 10.5 Å². The van der Waals surface area contributed by atoms with Gasteiger partial charge in [-0.1, -0.05) is 36.4 Å². The number of nitrogens with zero attached hydrogens (tertiary/aromatic N) is 2. The van der Waals surface area contributed by atoms with Gasteiger partial charge in [-0.3, -0.25) is 4.79 Å². The molecule has 1 heterocycles. The van der Waals surface area contributed by atoms with Crippen molar-refractivity contribution in [1.29, 1.82) is 0 Å². The second-order valence-corrected chi connectivity index (χ2v) is 8.03. The van der Waals surface area contributed by atoms with Gasteiger partial charge in [-0.05, 0) is 55.3 Å². The van der Waals surface area contributed by atoms with Crippen LogP contribution in [0, 0.1) is 0 Å². The minimum Gasteiger partial charge on any atom is -0.467 e. The Morgan fingerprint density at radius 3 is 2.39 bits per heavy atom. The number of amides is 3. The van der Waals surface area contributed by atoms with Crippen molar-refractivity contribution in [2.24, 2.45) is 0 Å². The normalized spacial score (nSPS) is 10.4. The van der Waals surface area contributed by atoms with Gasteiger partial charge in [0.05, 0.1) is 25.0 Å². The van der Waals surface area contributed by atoms with Gasteiger partial charge in [0.25, 0.3) is 0 Å². The number of esters is 1. The molecule has 1 N–H and O–H groups in total. The van der Waals surface area contributed by atoms with Crippen molar-refractivity contribution < 1.29 is 23.5 Å². The number of furan rings is 1. The molecule has 0 fully saturated rings. The predicted molar refractivity (Wildman–Crippen MR) is 137 cm³/mol. The lowest BCUT2D eigenvalue weighted by atomic mass is 10.1. The zero-order chi connectivity index (χ0) is 25.8. The monoisotopic (exact) mass is 489 g/mol. The van der Waals surface area contributed by atoms with Gasteiger partial charge in [-0.2, -0.15) is 0 Å². The van der Waals surface area contributed by atoms with Crippen molar-refractivity contribution in [3.63, 3.8) is 0 Å². The van der Waals surface area contributed by atoms with Gasteiger partial charge in [-0.15, -0.1) is 6.58 Å². The molecular weight excluding hydrogens is 458 g/mol. The molecule has 2 aromatic carbocycles. The SMILES string of the molecule is C=CCN(CC(=O)N(CCc1ccccc1)Cc1ccco1)C(=O)Nc1ccc(C(=O)OCC)cc1. The number of carbonyl (C=O) groups is 3. The Bertz CT molecular complexity index is 1130. The first kappa shape index (κ1) is 26.3. The fraction of sp³-hybridized carbons (Fsp3) is 0.250. The lowest BCUT2D eigenvalue weighted by Gasteiger charge is -2.27. The van der Waals surface area contributed by atoms with Gasteiger partial charge in [-0.25, -0.2) is 9.59 Å². The molecule has 36 heavy (non-hydrogen) atoms. The highest BCUT2D eigenvalue weighted by Crippen LogP contribution is 2.13. The molecule has 0 saturated heterocycles. The maximum atomic E-state index is 13.3. The first-order chi connectivity index (χ1) is 17.5. The number of anilines is 1. The van der Waals surface area contributed by atoms with E-state index in [4.69, 9.17) is 9.15 Å². The van der Waals surface area contributed by atoms with Gasteiger partial charge >= 0.3 is 12.0 Å². The molecule has 0 aliphatic rings. The third kappa shape index (κ3) is 7.87. The van der Waals surface area contributed by atoms with Crippen LogP contribution in [0.1, 0.15) is 28.6 Å². The minimum atomic E-state index is -0.451. The summed E-state index contributed by atoms with van der Waals surface area (Å²) in [6.07, 6.45) is 3.81. The summed E-state index contributed by atoms with van der Waals surface area (Å²) in [6.45, 7) is 6.57. The third-order valence-corrected chi connectivity index (χ3v) is 5.40. The first-order valence-electron chi connectivity index (χ1n) is 11.8. The van der Waals surface area contributed by atoms with E-state index in [1.807, 2.05) is 36.4 Å². The van der Waals surface area contributed by atoms with E-state index in [2.05, 4.69) is 11.9 Å². The van der Waals surface area contributed by atoms with Crippen LogP contribution < -0.4 is 5.32 Å². The van der Waals surface area contributed by atoms with E-state index in [1.165, 1.54) is 4.90 Å². The predicted octanol–water partition coefficient (Wildman–Crippen LogP) is 4.75. The summed E-state index contributed by atoms with van der Waals surface area (Å²) in [4.78, 5) is 41.2. The molecule has 3 aromatic rings. The average molecular weight is 490 g/mol. The summed E-state index contributed by atoms with van der Waals surface area (Å²) in [6, 6.07) is 19.4. The van der Waals surface area contributed by atoms with E-state index >= 15 is 0 Å². The summed E-state index contributed by atoms with van der Waals surface area (Å²) in [5.41, 5.74) is 1.99. The molecule has 8 heteroatoms. The number of carbonyl (C=O) groups excluding carboxylic acids is 3. The maximum absolute atomic E-state index is 13.3. The molecular formula is C28H31N3O5. The molecule has 0 aliphatic heterocycles. The van der Waals surface area contributed by atoms with Gasteiger partial charge in [0.2, 0.25) is 5.91 Å². The Morgan fingerprint density at radius 1 is 1.00 bits per heavy atom. The highest BCUT2D eigenvalue weighted by Gasteiger charge is 2.22. The van der Waals surface area contributed by atoms with E-state index in [-0.39, 0.29) is 25.6 Å². The number of hydrogen-bond donors (Lipinski definition) is 1. The van der Waals surface area contributed by atoms with Crippen molar-refractivity contribution in [3.05, 3.63) is 103 Å². The second-order valence-electron chi connectivity index (χ2n) is 8.03. The standard InChI is InChI=1S/C28H31N3O5/c1-3-17-31(28(34)29-24-14-12-23(13-15-24)27(33)35-4-2)21-26(32)30(20-25-11-8-19-36-25)18-16-22-9-6-5-7-10-22/h3,5-15,19H,1,4,16-18,20-21H2,2H3,(H,29,34). The molecule has 0 atom stereocenters. The second kappa shape index (κ2) is 13.5. The molecule has 0 spiro atoms. The van der Waals surface area contributed by atoms with E-state index < -0.39 is 12.0 Å². The first-order valence-corrected chi connectivity index (χ1v) is 11.8.